The molecule has 0 spiro atoms. The molecular formula is C21H22N4O5S. The van der Waals surface area contributed by atoms with Crippen LogP contribution in [0.4, 0.5) is 6.01 Å². The van der Waals surface area contributed by atoms with E-state index < -0.39 is 15.9 Å². The van der Waals surface area contributed by atoms with Gasteiger partial charge in [-0.25, -0.2) is 8.42 Å². The first-order valence-corrected chi connectivity index (χ1v) is 11.3. The summed E-state index contributed by atoms with van der Waals surface area (Å²) in [4.78, 5) is 12.9. The van der Waals surface area contributed by atoms with Crippen molar-refractivity contribution in [2.24, 2.45) is 5.92 Å². The molecule has 1 saturated heterocycles. The molecule has 9 nitrogen and oxygen atoms in total. The summed E-state index contributed by atoms with van der Waals surface area (Å²) in [6.45, 7) is 0.441. The monoisotopic (exact) mass is 442 g/mol. The van der Waals surface area contributed by atoms with Gasteiger partial charge < -0.3 is 9.15 Å². The molecule has 1 aromatic heterocycles. The second-order valence-electron chi connectivity index (χ2n) is 7.15. The van der Waals surface area contributed by atoms with E-state index in [1.165, 1.54) is 23.5 Å². The Morgan fingerprint density at radius 2 is 1.87 bits per heavy atom. The number of nitrogens with zero attached hydrogens (tertiary/aromatic N) is 3. The van der Waals surface area contributed by atoms with Gasteiger partial charge >= 0.3 is 6.01 Å². The molecule has 2 aromatic carbocycles. The first-order chi connectivity index (χ1) is 15.0. The normalized spacial score (nSPS) is 17.3. The number of methoxy groups -OCH3 is 1. The van der Waals surface area contributed by atoms with Crippen molar-refractivity contribution in [2.75, 3.05) is 25.5 Å². The predicted octanol–water partition coefficient (Wildman–Crippen LogP) is 2.78. The van der Waals surface area contributed by atoms with Gasteiger partial charge in [-0.3, -0.25) is 10.1 Å². The van der Waals surface area contributed by atoms with Gasteiger partial charge in [-0.05, 0) is 49.2 Å². The molecule has 0 aliphatic carbocycles. The fourth-order valence-corrected chi connectivity index (χ4v) is 4.97. The van der Waals surface area contributed by atoms with Crippen molar-refractivity contribution in [3.63, 3.8) is 0 Å². The highest BCUT2D eigenvalue weighted by Crippen LogP contribution is 2.26. The third-order valence-electron chi connectivity index (χ3n) is 5.13. The molecular weight excluding hydrogens is 420 g/mol. The summed E-state index contributed by atoms with van der Waals surface area (Å²) in [5.74, 6) is -0.000673. The Hall–Kier alpha value is -3.24. The van der Waals surface area contributed by atoms with Crippen molar-refractivity contribution in [2.45, 2.75) is 17.7 Å². The summed E-state index contributed by atoms with van der Waals surface area (Å²) in [5, 5.41) is 10.4. The van der Waals surface area contributed by atoms with Crippen molar-refractivity contribution in [3.05, 3.63) is 54.6 Å². The lowest BCUT2D eigenvalue weighted by molar-refractivity contribution is -0.121. The van der Waals surface area contributed by atoms with Gasteiger partial charge in [0.15, 0.2) is 0 Å². The number of carbonyl (C=O) groups excluding carboxylic acids is 1. The van der Waals surface area contributed by atoms with Crippen molar-refractivity contribution in [3.8, 4) is 17.2 Å². The van der Waals surface area contributed by atoms with Crippen molar-refractivity contribution >= 4 is 21.9 Å². The topological polar surface area (TPSA) is 115 Å². The molecule has 31 heavy (non-hydrogen) atoms. The number of nitrogens with one attached hydrogen (secondary N) is 1. The van der Waals surface area contributed by atoms with Crippen LogP contribution in [0, 0.1) is 5.92 Å². The third-order valence-corrected chi connectivity index (χ3v) is 7.01. The molecule has 1 unspecified atom stereocenters. The number of anilines is 1. The van der Waals surface area contributed by atoms with E-state index in [9.17, 15) is 13.2 Å². The van der Waals surface area contributed by atoms with Crippen molar-refractivity contribution in [1.29, 1.82) is 0 Å². The van der Waals surface area contributed by atoms with Crippen LogP contribution in [-0.4, -0.2) is 49.0 Å². The average molecular weight is 442 g/mol. The number of piperidine rings is 1. The van der Waals surface area contributed by atoms with E-state index in [1.807, 2.05) is 30.3 Å². The zero-order chi connectivity index (χ0) is 21.8. The number of carbonyl (C=O) groups is 1. The molecule has 4 rings (SSSR count). The van der Waals surface area contributed by atoms with Gasteiger partial charge in [0, 0.05) is 18.7 Å². The summed E-state index contributed by atoms with van der Waals surface area (Å²) in [7, 11) is -2.19. The van der Waals surface area contributed by atoms with E-state index in [1.54, 1.807) is 12.1 Å². The van der Waals surface area contributed by atoms with Crippen LogP contribution in [-0.2, 0) is 14.8 Å². The van der Waals surface area contributed by atoms with Gasteiger partial charge in [-0.2, -0.15) is 4.31 Å². The van der Waals surface area contributed by atoms with Gasteiger partial charge in [0.05, 0.1) is 17.9 Å². The number of sulfonamides is 1. The lowest BCUT2D eigenvalue weighted by atomic mass is 9.99. The minimum absolute atomic E-state index is 0.0148. The van der Waals surface area contributed by atoms with Crippen LogP contribution in [0.15, 0.2) is 63.9 Å². The SMILES string of the molecule is COc1ccc(S(=O)(=O)N2CCCC(C(=O)Nc3nnc(-c4ccccc4)o3)C2)cc1. The zero-order valence-electron chi connectivity index (χ0n) is 16.9. The first-order valence-electron chi connectivity index (χ1n) is 9.81. The highest BCUT2D eigenvalue weighted by atomic mass is 32.2. The molecule has 0 bridgehead atoms. The summed E-state index contributed by atoms with van der Waals surface area (Å²) in [6, 6.07) is 15.4. The number of aromatic nitrogens is 2. The Morgan fingerprint density at radius 1 is 1.13 bits per heavy atom. The van der Waals surface area contributed by atoms with Crippen LogP contribution >= 0.6 is 0 Å². The maximum Gasteiger partial charge on any atom is 0.322 e. The Bertz CT molecular complexity index is 1150. The Labute approximate surface area is 180 Å². The van der Waals surface area contributed by atoms with E-state index in [0.29, 0.717) is 31.0 Å². The molecule has 1 amide bonds. The fourth-order valence-electron chi connectivity index (χ4n) is 3.45. The van der Waals surface area contributed by atoms with Crippen LogP contribution in [0.5, 0.6) is 5.75 Å². The smallest absolute Gasteiger partial charge is 0.322 e. The number of hydrogen-bond donors (Lipinski definition) is 1. The van der Waals surface area contributed by atoms with Crippen molar-refractivity contribution < 1.29 is 22.4 Å². The average Bonchev–Trinajstić information content (AvgIpc) is 3.28. The first kappa shape index (κ1) is 21.0. The van der Waals surface area contributed by atoms with E-state index in [-0.39, 0.29) is 23.4 Å². The standard InChI is InChI=1S/C21H22N4O5S/c1-29-17-9-11-18(12-10-17)31(27,28)25-13-5-8-16(14-25)19(26)22-21-24-23-20(30-21)15-6-3-2-4-7-15/h2-4,6-7,9-12,16H,5,8,13-14H2,1H3,(H,22,24,26). The molecule has 162 valence electrons. The fraction of sp³-hybridized carbons (Fsp3) is 0.286. The van der Waals surface area contributed by atoms with Crippen LogP contribution in [0.3, 0.4) is 0 Å². The van der Waals surface area contributed by atoms with Gasteiger partial charge in [0.1, 0.15) is 5.75 Å². The molecule has 1 fully saturated rings. The zero-order valence-corrected chi connectivity index (χ0v) is 17.7. The number of amides is 1. The van der Waals surface area contributed by atoms with E-state index in [2.05, 4.69) is 15.5 Å². The minimum atomic E-state index is -3.71. The lowest BCUT2D eigenvalue weighted by Crippen LogP contribution is -2.43. The van der Waals surface area contributed by atoms with Gasteiger partial charge in [-0.1, -0.05) is 23.3 Å². The van der Waals surface area contributed by atoms with Gasteiger partial charge in [-0.15, -0.1) is 5.10 Å². The van der Waals surface area contributed by atoms with Crippen LogP contribution < -0.4 is 10.1 Å². The molecule has 10 heteroatoms. The highest BCUT2D eigenvalue weighted by molar-refractivity contribution is 7.89. The Morgan fingerprint density at radius 3 is 2.58 bits per heavy atom. The molecule has 1 N–H and O–H groups in total. The molecule has 1 aliphatic rings. The maximum absolute atomic E-state index is 13.0. The summed E-state index contributed by atoms with van der Waals surface area (Å²) in [6.07, 6.45) is 1.15. The van der Waals surface area contributed by atoms with Crippen LogP contribution in [0.1, 0.15) is 12.8 Å². The lowest BCUT2D eigenvalue weighted by Gasteiger charge is -2.30. The molecule has 3 aromatic rings. The third kappa shape index (κ3) is 4.59. The highest BCUT2D eigenvalue weighted by Gasteiger charge is 2.33. The van der Waals surface area contributed by atoms with Crippen LogP contribution in [0.25, 0.3) is 11.5 Å². The Kier molecular flexibility index (Phi) is 6.01. The minimum Gasteiger partial charge on any atom is -0.497 e. The molecule has 2 heterocycles. The summed E-state index contributed by atoms with van der Waals surface area (Å²) >= 11 is 0. The summed E-state index contributed by atoms with van der Waals surface area (Å²) in [5.41, 5.74) is 0.741. The number of benzene rings is 2. The van der Waals surface area contributed by atoms with E-state index >= 15 is 0 Å². The molecule has 0 radical (unpaired) electrons. The molecule has 1 atom stereocenters. The molecule has 1 aliphatic heterocycles. The van der Waals surface area contributed by atoms with Crippen molar-refractivity contribution in [1.82, 2.24) is 14.5 Å². The van der Waals surface area contributed by atoms with Gasteiger partial charge in [0.2, 0.25) is 21.8 Å². The van der Waals surface area contributed by atoms with Gasteiger partial charge in [0.25, 0.3) is 0 Å². The quantitative estimate of drug-likeness (QED) is 0.624. The Balaban J connectivity index is 1.43. The second-order valence-corrected chi connectivity index (χ2v) is 9.08. The maximum atomic E-state index is 13.0. The number of rotatable bonds is 6. The van der Waals surface area contributed by atoms with Crippen LogP contribution in [0.2, 0.25) is 0 Å². The number of ether oxygens (including phenoxy) is 1. The second kappa shape index (κ2) is 8.86. The van der Waals surface area contributed by atoms with E-state index in [0.717, 1.165) is 5.56 Å². The molecule has 0 saturated carbocycles. The predicted molar refractivity (Wildman–Crippen MR) is 113 cm³/mol. The number of hydrogen-bond acceptors (Lipinski definition) is 7. The summed E-state index contributed by atoms with van der Waals surface area (Å²) < 4.78 is 37.9. The van der Waals surface area contributed by atoms with E-state index in [4.69, 9.17) is 9.15 Å². The largest absolute Gasteiger partial charge is 0.497 e.